The highest BCUT2D eigenvalue weighted by Crippen LogP contribution is 2.31. The van der Waals surface area contributed by atoms with Crippen molar-refractivity contribution in [1.82, 2.24) is 9.97 Å². The molecule has 0 fully saturated rings. The molecule has 3 nitrogen and oxygen atoms in total. The fourth-order valence-corrected chi connectivity index (χ4v) is 2.38. The molecule has 0 bridgehead atoms. The molecule has 1 heterocycles. The first-order valence-corrected chi connectivity index (χ1v) is 6.56. The fraction of sp³-hybridized carbons (Fsp3) is 0.333. The minimum Gasteiger partial charge on any atom is -0.333 e. The molecule has 0 radical (unpaired) electrons. The topological polar surface area (TPSA) is 52.5 Å². The van der Waals surface area contributed by atoms with Crippen molar-refractivity contribution in [2.75, 3.05) is 5.75 Å². The van der Waals surface area contributed by atoms with Gasteiger partial charge in [-0.2, -0.15) is 18.4 Å². The van der Waals surface area contributed by atoms with Crippen LogP contribution in [0.2, 0.25) is 0 Å². The summed E-state index contributed by atoms with van der Waals surface area (Å²) in [5, 5.41) is 8.97. The number of unbranched alkanes of at least 4 members (excludes halogenated alkanes) is 1. The first-order chi connectivity index (χ1) is 9.00. The number of H-pyrrole nitrogens is 1. The number of aromatic nitrogens is 2. The Hall–Kier alpha value is -1.68. The van der Waals surface area contributed by atoms with E-state index in [9.17, 15) is 13.2 Å². The minimum atomic E-state index is -4.35. The number of thioether (sulfide) groups is 1. The van der Waals surface area contributed by atoms with Gasteiger partial charge >= 0.3 is 6.18 Å². The van der Waals surface area contributed by atoms with Crippen LogP contribution in [0.25, 0.3) is 11.0 Å². The summed E-state index contributed by atoms with van der Waals surface area (Å²) in [6.45, 7) is 0. The SMILES string of the molecule is N#CCCCSc1nc2ccc(C(F)(F)F)cc2[nH]1. The number of imidazole rings is 1. The number of halogens is 3. The predicted octanol–water partition coefficient (Wildman–Crippen LogP) is 3.98. The Labute approximate surface area is 111 Å². The summed E-state index contributed by atoms with van der Waals surface area (Å²) in [6.07, 6.45) is -3.16. The van der Waals surface area contributed by atoms with Crippen molar-refractivity contribution in [3.8, 4) is 6.07 Å². The van der Waals surface area contributed by atoms with Crippen molar-refractivity contribution in [3.05, 3.63) is 23.8 Å². The van der Waals surface area contributed by atoms with E-state index in [2.05, 4.69) is 9.97 Å². The second kappa shape index (κ2) is 5.53. The lowest BCUT2D eigenvalue weighted by Gasteiger charge is -2.05. The molecule has 0 amide bonds. The third-order valence-corrected chi connectivity index (χ3v) is 3.42. The fourth-order valence-electron chi connectivity index (χ4n) is 1.55. The molecule has 0 saturated heterocycles. The monoisotopic (exact) mass is 285 g/mol. The first kappa shape index (κ1) is 13.7. The second-order valence-corrected chi connectivity index (χ2v) is 4.97. The molecule has 1 aromatic carbocycles. The summed E-state index contributed by atoms with van der Waals surface area (Å²) in [4.78, 5) is 7.04. The van der Waals surface area contributed by atoms with E-state index < -0.39 is 11.7 Å². The van der Waals surface area contributed by atoms with Crippen LogP contribution in [0.5, 0.6) is 0 Å². The van der Waals surface area contributed by atoms with Gasteiger partial charge in [-0.05, 0) is 24.6 Å². The number of rotatable bonds is 4. The summed E-state index contributed by atoms with van der Waals surface area (Å²) in [5.74, 6) is 0.708. The normalized spacial score (nSPS) is 11.7. The average molecular weight is 285 g/mol. The van der Waals surface area contributed by atoms with Crippen LogP contribution < -0.4 is 0 Å². The van der Waals surface area contributed by atoms with Crippen molar-refractivity contribution in [2.24, 2.45) is 0 Å². The molecule has 7 heteroatoms. The summed E-state index contributed by atoms with van der Waals surface area (Å²) in [5.41, 5.74) is 0.193. The van der Waals surface area contributed by atoms with Gasteiger partial charge in [0.05, 0.1) is 22.7 Å². The molecular weight excluding hydrogens is 275 g/mol. The molecule has 0 unspecified atom stereocenters. The van der Waals surface area contributed by atoms with E-state index >= 15 is 0 Å². The minimum absolute atomic E-state index is 0.373. The molecule has 0 aliphatic rings. The largest absolute Gasteiger partial charge is 0.416 e. The van der Waals surface area contributed by atoms with Gasteiger partial charge in [0, 0.05) is 12.2 Å². The van der Waals surface area contributed by atoms with Gasteiger partial charge in [-0.1, -0.05) is 11.8 Å². The number of nitriles is 1. The summed E-state index contributed by atoms with van der Waals surface area (Å²) in [7, 11) is 0. The number of aromatic amines is 1. The Morgan fingerprint density at radius 1 is 1.37 bits per heavy atom. The molecule has 100 valence electrons. The highest BCUT2D eigenvalue weighted by atomic mass is 32.2. The van der Waals surface area contributed by atoms with E-state index in [-0.39, 0.29) is 0 Å². The van der Waals surface area contributed by atoms with Crippen LogP contribution in [-0.2, 0) is 6.18 Å². The van der Waals surface area contributed by atoms with E-state index in [0.717, 1.165) is 18.6 Å². The molecule has 1 aromatic heterocycles. The molecular formula is C12H10F3N3S. The average Bonchev–Trinajstić information content (AvgIpc) is 2.75. The van der Waals surface area contributed by atoms with E-state index in [1.54, 1.807) is 0 Å². The number of hydrogen-bond donors (Lipinski definition) is 1. The molecule has 1 N–H and O–H groups in total. The lowest BCUT2D eigenvalue weighted by molar-refractivity contribution is -0.137. The maximum Gasteiger partial charge on any atom is 0.416 e. The molecule has 2 rings (SSSR count). The lowest BCUT2D eigenvalue weighted by atomic mass is 10.2. The Balaban J connectivity index is 2.15. The van der Waals surface area contributed by atoms with Gasteiger partial charge in [-0.3, -0.25) is 0 Å². The van der Waals surface area contributed by atoms with Crippen molar-refractivity contribution in [3.63, 3.8) is 0 Å². The van der Waals surface area contributed by atoms with E-state index in [0.29, 0.717) is 28.4 Å². The Morgan fingerprint density at radius 2 is 2.16 bits per heavy atom. The van der Waals surface area contributed by atoms with Gasteiger partial charge in [0.1, 0.15) is 0 Å². The van der Waals surface area contributed by atoms with Crippen molar-refractivity contribution >= 4 is 22.8 Å². The maximum atomic E-state index is 12.5. The third kappa shape index (κ3) is 3.41. The number of nitrogens with one attached hydrogen (secondary N) is 1. The van der Waals surface area contributed by atoms with Crippen LogP contribution in [0.3, 0.4) is 0 Å². The van der Waals surface area contributed by atoms with Crippen LogP contribution in [0.4, 0.5) is 13.2 Å². The highest BCUT2D eigenvalue weighted by molar-refractivity contribution is 7.99. The zero-order valence-electron chi connectivity index (χ0n) is 9.79. The van der Waals surface area contributed by atoms with Crippen molar-refractivity contribution < 1.29 is 13.2 Å². The Morgan fingerprint density at radius 3 is 2.84 bits per heavy atom. The standard InChI is InChI=1S/C12H10F3N3S/c13-12(14,15)8-3-4-9-10(7-8)18-11(17-9)19-6-2-1-5-16/h3-4,7H,1-2,6H2,(H,17,18). The zero-order chi connectivity index (χ0) is 13.9. The number of fused-ring (bicyclic) bond motifs is 1. The Kier molecular flexibility index (Phi) is 4.00. The quantitative estimate of drug-likeness (QED) is 0.683. The smallest absolute Gasteiger partial charge is 0.333 e. The number of alkyl halides is 3. The summed E-state index contributed by atoms with van der Waals surface area (Å²) >= 11 is 1.40. The number of benzene rings is 1. The van der Waals surface area contributed by atoms with Gasteiger partial charge in [0.2, 0.25) is 0 Å². The maximum absolute atomic E-state index is 12.5. The number of hydrogen-bond acceptors (Lipinski definition) is 3. The molecule has 0 aliphatic carbocycles. The first-order valence-electron chi connectivity index (χ1n) is 5.57. The summed E-state index contributed by atoms with van der Waals surface area (Å²) < 4.78 is 37.6. The third-order valence-electron chi connectivity index (χ3n) is 2.46. The molecule has 0 spiro atoms. The number of nitrogens with zero attached hydrogens (tertiary/aromatic N) is 2. The van der Waals surface area contributed by atoms with Gasteiger partial charge < -0.3 is 4.98 Å². The Bertz CT molecular complexity index is 613. The summed E-state index contributed by atoms with van der Waals surface area (Å²) in [6, 6.07) is 5.47. The van der Waals surface area contributed by atoms with Crippen LogP contribution in [0.1, 0.15) is 18.4 Å². The van der Waals surface area contributed by atoms with E-state index in [4.69, 9.17) is 5.26 Å². The van der Waals surface area contributed by atoms with E-state index in [1.165, 1.54) is 17.8 Å². The van der Waals surface area contributed by atoms with E-state index in [1.807, 2.05) is 6.07 Å². The molecule has 19 heavy (non-hydrogen) atoms. The predicted molar refractivity (Wildman–Crippen MR) is 66.7 cm³/mol. The van der Waals surface area contributed by atoms with Crippen LogP contribution in [-0.4, -0.2) is 15.7 Å². The van der Waals surface area contributed by atoms with Crippen LogP contribution in [0.15, 0.2) is 23.4 Å². The van der Waals surface area contributed by atoms with Gasteiger partial charge in [0.25, 0.3) is 0 Å². The molecule has 0 aliphatic heterocycles. The van der Waals surface area contributed by atoms with Gasteiger partial charge in [0.15, 0.2) is 5.16 Å². The molecule has 0 saturated carbocycles. The van der Waals surface area contributed by atoms with Crippen molar-refractivity contribution in [1.29, 1.82) is 5.26 Å². The zero-order valence-corrected chi connectivity index (χ0v) is 10.6. The van der Waals surface area contributed by atoms with Gasteiger partial charge in [-0.25, -0.2) is 4.98 Å². The van der Waals surface area contributed by atoms with Crippen LogP contribution >= 0.6 is 11.8 Å². The van der Waals surface area contributed by atoms with Crippen molar-refractivity contribution in [2.45, 2.75) is 24.2 Å². The van der Waals surface area contributed by atoms with Gasteiger partial charge in [-0.15, -0.1) is 0 Å². The lowest BCUT2D eigenvalue weighted by Crippen LogP contribution is -2.04. The highest BCUT2D eigenvalue weighted by Gasteiger charge is 2.30. The second-order valence-electron chi connectivity index (χ2n) is 3.88. The molecule has 0 atom stereocenters. The van der Waals surface area contributed by atoms with Crippen LogP contribution in [0, 0.1) is 11.3 Å². The molecule has 2 aromatic rings.